The van der Waals surface area contributed by atoms with Crippen molar-refractivity contribution in [1.29, 1.82) is 0 Å². The molecular weight excluding hydrogens is 318 g/mol. The summed E-state index contributed by atoms with van der Waals surface area (Å²) in [5.41, 5.74) is 0.885. The first-order valence-electron chi connectivity index (χ1n) is 6.93. The quantitative estimate of drug-likeness (QED) is 0.794. The van der Waals surface area contributed by atoms with Crippen LogP contribution in [0.15, 0.2) is 17.4 Å². The number of rotatable bonds is 6. The van der Waals surface area contributed by atoms with Gasteiger partial charge in [0.2, 0.25) is 5.91 Å². The van der Waals surface area contributed by atoms with Crippen molar-refractivity contribution >= 4 is 39.2 Å². The van der Waals surface area contributed by atoms with Crippen LogP contribution in [0.4, 0.5) is 0 Å². The van der Waals surface area contributed by atoms with Gasteiger partial charge in [0.1, 0.15) is 10.7 Å². The van der Waals surface area contributed by atoms with E-state index in [0.29, 0.717) is 23.5 Å². The number of aromatic amines is 1. The third kappa shape index (κ3) is 3.59. The number of fused-ring (bicyclic) bond motifs is 1. The van der Waals surface area contributed by atoms with Crippen molar-refractivity contribution in [3.05, 3.63) is 39.3 Å². The summed E-state index contributed by atoms with van der Waals surface area (Å²) < 4.78 is 0. The molecule has 1 atom stereocenters. The molecule has 2 rings (SSSR count). The minimum absolute atomic E-state index is 0.0452. The Bertz CT molecular complexity index is 764. The van der Waals surface area contributed by atoms with Crippen LogP contribution in [0.1, 0.15) is 23.2 Å². The maximum atomic E-state index is 12.2. The standard InChI is InChI=1S/C15H19N3O2S2/c1-5-6-16-13(19)10(4)21-7-11-17-14(20)12-8(2)9(3)22-15(12)18-11/h5,10H,1,6-7H2,2-4H3,(H,16,19)(H,17,18,20). The van der Waals surface area contributed by atoms with Crippen LogP contribution in [-0.2, 0) is 10.5 Å². The zero-order valence-corrected chi connectivity index (χ0v) is 14.5. The Balaban J connectivity index is 2.11. The maximum absolute atomic E-state index is 12.2. The second-order valence-electron chi connectivity index (χ2n) is 4.96. The molecule has 0 fully saturated rings. The lowest BCUT2D eigenvalue weighted by Crippen LogP contribution is -2.31. The Hall–Kier alpha value is -1.60. The van der Waals surface area contributed by atoms with Gasteiger partial charge >= 0.3 is 0 Å². The van der Waals surface area contributed by atoms with E-state index >= 15 is 0 Å². The van der Waals surface area contributed by atoms with E-state index in [4.69, 9.17) is 0 Å². The fourth-order valence-electron chi connectivity index (χ4n) is 1.96. The second kappa shape index (κ2) is 7.11. The summed E-state index contributed by atoms with van der Waals surface area (Å²) in [6.45, 7) is 9.78. The molecule has 1 unspecified atom stereocenters. The lowest BCUT2D eigenvalue weighted by atomic mass is 10.2. The highest BCUT2D eigenvalue weighted by atomic mass is 32.2. The van der Waals surface area contributed by atoms with Gasteiger partial charge in [0.05, 0.1) is 16.4 Å². The molecule has 0 aliphatic rings. The number of carbonyl (C=O) groups excluding carboxylic acids is 1. The van der Waals surface area contributed by atoms with Crippen molar-refractivity contribution < 1.29 is 4.79 Å². The molecule has 1 amide bonds. The van der Waals surface area contributed by atoms with Crippen molar-refractivity contribution in [3.8, 4) is 0 Å². The fraction of sp³-hybridized carbons (Fsp3) is 0.400. The Labute approximate surface area is 137 Å². The van der Waals surface area contributed by atoms with E-state index in [0.717, 1.165) is 15.3 Å². The molecule has 0 radical (unpaired) electrons. The number of hydrogen-bond acceptors (Lipinski definition) is 5. The van der Waals surface area contributed by atoms with Gasteiger partial charge < -0.3 is 10.3 Å². The van der Waals surface area contributed by atoms with E-state index in [1.165, 1.54) is 23.1 Å². The molecule has 0 saturated heterocycles. The van der Waals surface area contributed by atoms with E-state index in [2.05, 4.69) is 21.9 Å². The first kappa shape index (κ1) is 16.8. The van der Waals surface area contributed by atoms with Gasteiger partial charge in [-0.1, -0.05) is 6.08 Å². The number of amides is 1. The second-order valence-corrected chi connectivity index (χ2v) is 7.50. The lowest BCUT2D eigenvalue weighted by Gasteiger charge is -2.10. The van der Waals surface area contributed by atoms with Gasteiger partial charge in [-0.3, -0.25) is 9.59 Å². The fourth-order valence-corrected chi connectivity index (χ4v) is 3.79. The molecule has 2 heterocycles. The van der Waals surface area contributed by atoms with Gasteiger partial charge in [0.25, 0.3) is 5.56 Å². The molecule has 0 saturated carbocycles. The van der Waals surface area contributed by atoms with Crippen LogP contribution >= 0.6 is 23.1 Å². The van der Waals surface area contributed by atoms with E-state index < -0.39 is 0 Å². The van der Waals surface area contributed by atoms with Crippen LogP contribution in [0.2, 0.25) is 0 Å². The van der Waals surface area contributed by atoms with Gasteiger partial charge in [0, 0.05) is 11.4 Å². The van der Waals surface area contributed by atoms with Crippen LogP contribution in [0.3, 0.4) is 0 Å². The molecule has 0 aliphatic carbocycles. The van der Waals surface area contributed by atoms with Crippen LogP contribution in [0, 0.1) is 13.8 Å². The molecule has 2 aromatic rings. The smallest absolute Gasteiger partial charge is 0.259 e. The van der Waals surface area contributed by atoms with Crippen LogP contribution in [0.5, 0.6) is 0 Å². The van der Waals surface area contributed by atoms with Gasteiger partial charge in [-0.05, 0) is 26.3 Å². The molecule has 5 nitrogen and oxygen atoms in total. The molecule has 0 bridgehead atoms. The number of carbonyl (C=O) groups is 1. The average molecular weight is 337 g/mol. The number of nitrogens with one attached hydrogen (secondary N) is 2. The van der Waals surface area contributed by atoms with Crippen molar-refractivity contribution in [2.24, 2.45) is 0 Å². The predicted molar refractivity (Wildman–Crippen MR) is 93.7 cm³/mol. The number of hydrogen-bond donors (Lipinski definition) is 2. The summed E-state index contributed by atoms with van der Waals surface area (Å²) in [6.07, 6.45) is 1.64. The molecule has 0 aliphatic heterocycles. The predicted octanol–water partition coefficient (Wildman–Crippen LogP) is 2.53. The minimum atomic E-state index is -0.215. The largest absolute Gasteiger partial charge is 0.352 e. The third-order valence-electron chi connectivity index (χ3n) is 3.35. The topological polar surface area (TPSA) is 74.8 Å². The summed E-state index contributed by atoms with van der Waals surface area (Å²) in [7, 11) is 0. The molecule has 2 N–H and O–H groups in total. The molecule has 0 spiro atoms. The van der Waals surface area contributed by atoms with Crippen molar-refractivity contribution in [2.75, 3.05) is 6.54 Å². The Kier molecular flexibility index (Phi) is 5.42. The van der Waals surface area contributed by atoms with Crippen molar-refractivity contribution in [1.82, 2.24) is 15.3 Å². The highest BCUT2D eigenvalue weighted by molar-refractivity contribution is 7.99. The summed E-state index contributed by atoms with van der Waals surface area (Å²) in [6, 6.07) is 0. The number of nitrogens with zero attached hydrogens (tertiary/aromatic N) is 1. The summed E-state index contributed by atoms with van der Waals surface area (Å²) in [4.78, 5) is 33.1. The Morgan fingerprint density at radius 2 is 2.27 bits per heavy atom. The highest BCUT2D eigenvalue weighted by Gasteiger charge is 2.15. The zero-order chi connectivity index (χ0) is 16.3. The Morgan fingerprint density at radius 1 is 1.55 bits per heavy atom. The maximum Gasteiger partial charge on any atom is 0.259 e. The molecule has 118 valence electrons. The van der Waals surface area contributed by atoms with E-state index in [-0.39, 0.29) is 16.7 Å². The normalized spacial score (nSPS) is 12.3. The van der Waals surface area contributed by atoms with Crippen molar-refractivity contribution in [2.45, 2.75) is 31.8 Å². The number of H-pyrrole nitrogens is 1. The number of aryl methyl sites for hydroxylation is 2. The van der Waals surface area contributed by atoms with E-state index in [9.17, 15) is 9.59 Å². The molecular formula is C15H19N3O2S2. The van der Waals surface area contributed by atoms with Crippen molar-refractivity contribution in [3.63, 3.8) is 0 Å². The van der Waals surface area contributed by atoms with Crippen LogP contribution in [0.25, 0.3) is 10.2 Å². The van der Waals surface area contributed by atoms with Gasteiger partial charge in [-0.25, -0.2) is 4.98 Å². The molecule has 7 heteroatoms. The lowest BCUT2D eigenvalue weighted by molar-refractivity contribution is -0.120. The minimum Gasteiger partial charge on any atom is -0.352 e. The summed E-state index contributed by atoms with van der Waals surface area (Å²) in [5.74, 6) is 1.05. The van der Waals surface area contributed by atoms with Gasteiger partial charge in [0.15, 0.2) is 0 Å². The molecule has 22 heavy (non-hydrogen) atoms. The first-order valence-corrected chi connectivity index (χ1v) is 8.79. The van der Waals surface area contributed by atoms with Crippen LogP contribution in [-0.4, -0.2) is 27.7 Å². The van der Waals surface area contributed by atoms with E-state index in [1.807, 2.05) is 20.8 Å². The van der Waals surface area contributed by atoms with Gasteiger partial charge in [-0.2, -0.15) is 0 Å². The SMILES string of the molecule is C=CCNC(=O)C(C)SCc1nc2sc(C)c(C)c2c(=O)[nH]1. The highest BCUT2D eigenvalue weighted by Crippen LogP contribution is 2.26. The van der Waals surface area contributed by atoms with E-state index in [1.54, 1.807) is 6.08 Å². The number of aromatic nitrogens is 2. The number of thiophene rings is 1. The summed E-state index contributed by atoms with van der Waals surface area (Å²) >= 11 is 2.97. The third-order valence-corrected chi connectivity index (χ3v) is 5.60. The first-order chi connectivity index (χ1) is 10.4. The zero-order valence-electron chi connectivity index (χ0n) is 12.9. The average Bonchev–Trinajstić information content (AvgIpc) is 2.77. The monoisotopic (exact) mass is 337 g/mol. The van der Waals surface area contributed by atoms with Gasteiger partial charge in [-0.15, -0.1) is 29.7 Å². The molecule has 2 aromatic heterocycles. The molecule has 0 aromatic carbocycles. The van der Waals surface area contributed by atoms with Crippen LogP contribution < -0.4 is 10.9 Å². The Morgan fingerprint density at radius 3 is 2.95 bits per heavy atom. The summed E-state index contributed by atoms with van der Waals surface area (Å²) in [5, 5.41) is 3.21. The number of thioether (sulfide) groups is 1.